The van der Waals surface area contributed by atoms with Crippen molar-refractivity contribution >= 4 is 27.3 Å². The quantitative estimate of drug-likeness (QED) is 0.0396. The summed E-state index contributed by atoms with van der Waals surface area (Å²) in [4.78, 5) is 22.4. The number of benzene rings is 4. The highest BCUT2D eigenvalue weighted by molar-refractivity contribution is 7.91. The van der Waals surface area contributed by atoms with E-state index in [1.165, 1.54) is 12.1 Å². The van der Waals surface area contributed by atoms with E-state index < -0.39 is 33.1 Å². The Kier molecular flexibility index (Phi) is 12.7. The molecule has 0 aromatic heterocycles. The van der Waals surface area contributed by atoms with Gasteiger partial charge in [0.05, 0.1) is 31.5 Å². The first kappa shape index (κ1) is 37.7. The number of ether oxygens (including phenoxy) is 4. The summed E-state index contributed by atoms with van der Waals surface area (Å²) in [6.45, 7) is 0.620. The van der Waals surface area contributed by atoms with Crippen molar-refractivity contribution in [1.29, 1.82) is 0 Å². The number of hydrogen-bond acceptors (Lipinski definition) is 11. The molecule has 3 N–H and O–H groups in total. The molecule has 0 fully saturated rings. The Morgan fingerprint density at radius 1 is 1.00 bits per heavy atom. The van der Waals surface area contributed by atoms with Crippen LogP contribution in [0.1, 0.15) is 35.6 Å². The summed E-state index contributed by atoms with van der Waals surface area (Å²) >= 11 is 0. The maximum absolute atomic E-state index is 14.5. The van der Waals surface area contributed by atoms with Crippen molar-refractivity contribution in [1.82, 2.24) is 10.9 Å². The molecular weight excluding hydrogens is 689 g/mol. The second-order valence-corrected chi connectivity index (χ2v) is 13.8. The number of aliphatic hydroxyl groups is 1. The highest BCUT2D eigenvalue weighted by Crippen LogP contribution is 2.46. The van der Waals surface area contributed by atoms with Crippen LogP contribution in [0.25, 0.3) is 10.4 Å². The summed E-state index contributed by atoms with van der Waals surface area (Å²) in [5, 5.41) is 12.9. The molecule has 0 radical (unpaired) electrons. The van der Waals surface area contributed by atoms with E-state index in [1.54, 1.807) is 87.0 Å². The van der Waals surface area contributed by atoms with Crippen LogP contribution in [0.5, 0.6) is 17.2 Å². The summed E-state index contributed by atoms with van der Waals surface area (Å²) in [6.07, 6.45) is -0.510. The highest BCUT2D eigenvalue weighted by atomic mass is 32.2. The predicted molar refractivity (Wildman–Crippen MR) is 194 cm³/mol. The Morgan fingerprint density at radius 2 is 1.73 bits per heavy atom. The van der Waals surface area contributed by atoms with Gasteiger partial charge in [0.15, 0.2) is 33.0 Å². The molecule has 0 saturated carbocycles. The van der Waals surface area contributed by atoms with E-state index in [9.17, 15) is 18.7 Å². The third-order valence-corrected chi connectivity index (χ3v) is 10.2. The standard InChI is InChI=1S/C37H40N6O8S/c1-48-32-18-13-26(25-33(32)49-2)19-21-39-42-36(45)37(20-24-52(46,47)29-9-4-3-5-10-29)34(30-11-6-7-12-31(30)41-43-38)51-35(40-37)27-14-16-28(17-15-27)50-23-8-22-44/h3-7,9-18,25,34,39,44H,8,19-24H2,1-2H3,(H,42,45)/t34-,37-/m0/s1. The molecule has 15 heteroatoms. The van der Waals surface area contributed by atoms with Crippen molar-refractivity contribution in [3.8, 4) is 17.2 Å². The van der Waals surface area contributed by atoms with Crippen molar-refractivity contribution in [3.05, 3.63) is 124 Å². The number of rotatable bonds is 18. The number of carbonyl (C=O) groups excluding carboxylic acids is 1. The zero-order valence-corrected chi connectivity index (χ0v) is 29.6. The van der Waals surface area contributed by atoms with E-state index in [0.29, 0.717) is 54.4 Å². The van der Waals surface area contributed by atoms with E-state index in [0.717, 1.165) is 5.56 Å². The third kappa shape index (κ3) is 8.82. The zero-order valence-electron chi connectivity index (χ0n) is 28.8. The van der Waals surface area contributed by atoms with Gasteiger partial charge < -0.3 is 24.1 Å². The number of hydrazine groups is 1. The minimum Gasteiger partial charge on any atom is -0.494 e. The normalized spacial score (nSPS) is 16.6. The molecule has 0 aliphatic carbocycles. The lowest BCUT2D eigenvalue weighted by Gasteiger charge is -2.31. The molecule has 5 rings (SSSR count). The van der Waals surface area contributed by atoms with E-state index >= 15 is 0 Å². The van der Waals surface area contributed by atoms with Gasteiger partial charge in [-0.05, 0) is 66.0 Å². The molecule has 0 saturated heterocycles. The predicted octanol–water partition coefficient (Wildman–Crippen LogP) is 5.39. The molecule has 2 atom stereocenters. The van der Waals surface area contributed by atoms with Gasteiger partial charge in [0.1, 0.15) is 5.75 Å². The topological polar surface area (TPSA) is 194 Å². The van der Waals surface area contributed by atoms with Crippen molar-refractivity contribution in [2.45, 2.75) is 35.8 Å². The van der Waals surface area contributed by atoms with Gasteiger partial charge in [-0.2, -0.15) is 0 Å². The van der Waals surface area contributed by atoms with Crippen LogP contribution in [0, 0.1) is 0 Å². The molecule has 1 aliphatic heterocycles. The lowest BCUT2D eigenvalue weighted by Crippen LogP contribution is -2.53. The number of nitrogens with one attached hydrogen (secondary N) is 2. The smallest absolute Gasteiger partial charge is 0.266 e. The van der Waals surface area contributed by atoms with Crippen LogP contribution in [0.4, 0.5) is 5.69 Å². The van der Waals surface area contributed by atoms with Crippen LogP contribution < -0.4 is 25.1 Å². The molecule has 0 bridgehead atoms. The van der Waals surface area contributed by atoms with Crippen molar-refractivity contribution in [2.24, 2.45) is 10.1 Å². The summed E-state index contributed by atoms with van der Waals surface area (Å²) in [5.74, 6) is 0.693. The molecule has 52 heavy (non-hydrogen) atoms. The van der Waals surface area contributed by atoms with E-state index in [4.69, 9.17) is 29.0 Å². The van der Waals surface area contributed by atoms with E-state index in [-0.39, 0.29) is 29.5 Å². The molecule has 0 spiro atoms. The Morgan fingerprint density at radius 3 is 2.44 bits per heavy atom. The Hall–Kier alpha value is -5.60. The third-order valence-electron chi connectivity index (χ3n) is 8.44. The summed E-state index contributed by atoms with van der Waals surface area (Å²) in [5.41, 5.74) is 15.2. The molecule has 1 aliphatic rings. The van der Waals surface area contributed by atoms with Crippen LogP contribution >= 0.6 is 0 Å². The van der Waals surface area contributed by atoms with E-state index in [2.05, 4.69) is 20.9 Å². The van der Waals surface area contributed by atoms with Gasteiger partial charge in [0.25, 0.3) is 5.91 Å². The number of aliphatic hydroxyl groups excluding tert-OH is 1. The Labute approximate surface area is 301 Å². The number of azide groups is 1. The van der Waals surface area contributed by atoms with Gasteiger partial charge in [-0.15, -0.1) is 0 Å². The first-order valence-electron chi connectivity index (χ1n) is 16.5. The molecule has 4 aromatic carbocycles. The summed E-state index contributed by atoms with van der Waals surface area (Å²) < 4.78 is 50.1. The lowest BCUT2D eigenvalue weighted by molar-refractivity contribution is -0.130. The fourth-order valence-electron chi connectivity index (χ4n) is 5.73. The number of sulfone groups is 1. The summed E-state index contributed by atoms with van der Waals surface area (Å²) in [7, 11) is -0.777. The Balaban J connectivity index is 1.51. The fourth-order valence-corrected chi connectivity index (χ4v) is 7.11. The first-order chi connectivity index (χ1) is 25.2. The number of aliphatic imine (C=N–C) groups is 1. The largest absolute Gasteiger partial charge is 0.494 e. The zero-order chi connectivity index (χ0) is 37.0. The highest BCUT2D eigenvalue weighted by Gasteiger charge is 2.54. The molecule has 4 aromatic rings. The van der Waals surface area contributed by atoms with Gasteiger partial charge in [-0.25, -0.2) is 18.8 Å². The van der Waals surface area contributed by atoms with Crippen LogP contribution in [-0.2, 0) is 25.8 Å². The number of methoxy groups -OCH3 is 2. The maximum atomic E-state index is 14.5. The SMILES string of the molecule is COc1ccc(CCNNC(=O)[C@@]2(CCS(=O)(=O)c3ccccc3)N=C(c3ccc(OCCCO)cc3)O[C@H]2c2ccccc2N=[N+]=[N-])cc1OC. The molecule has 0 unspecified atom stereocenters. The molecule has 1 heterocycles. The monoisotopic (exact) mass is 728 g/mol. The summed E-state index contributed by atoms with van der Waals surface area (Å²) in [6, 6.07) is 26.9. The van der Waals surface area contributed by atoms with Crippen molar-refractivity contribution in [2.75, 3.05) is 39.7 Å². The van der Waals surface area contributed by atoms with Gasteiger partial charge >= 0.3 is 0 Å². The maximum Gasteiger partial charge on any atom is 0.266 e. The van der Waals surface area contributed by atoms with Crippen molar-refractivity contribution < 1.29 is 37.3 Å². The van der Waals surface area contributed by atoms with Crippen LogP contribution in [0.3, 0.4) is 0 Å². The second kappa shape index (κ2) is 17.6. The molecular formula is C37H40N6O8S. The van der Waals surface area contributed by atoms with Crippen LogP contribution in [0.2, 0.25) is 0 Å². The Bertz CT molecular complexity index is 2020. The second-order valence-electron chi connectivity index (χ2n) is 11.7. The molecule has 1 amide bonds. The van der Waals surface area contributed by atoms with Gasteiger partial charge in [-0.3, -0.25) is 10.2 Å². The average molecular weight is 729 g/mol. The minimum atomic E-state index is -3.88. The van der Waals surface area contributed by atoms with E-state index in [1.807, 2.05) is 12.1 Å². The van der Waals surface area contributed by atoms with Gasteiger partial charge in [-0.1, -0.05) is 53.6 Å². The van der Waals surface area contributed by atoms with Gasteiger partial charge in [0.2, 0.25) is 5.90 Å². The van der Waals surface area contributed by atoms with Gasteiger partial charge in [0, 0.05) is 47.7 Å². The molecule has 14 nitrogen and oxygen atoms in total. The van der Waals surface area contributed by atoms with Crippen molar-refractivity contribution in [3.63, 3.8) is 0 Å². The number of amides is 1. The number of hydrogen-bond donors (Lipinski definition) is 3. The minimum absolute atomic E-state index is 0.00331. The lowest BCUT2D eigenvalue weighted by atomic mass is 9.84. The average Bonchev–Trinajstić information content (AvgIpc) is 3.57. The first-order valence-corrected chi connectivity index (χ1v) is 18.2. The fraction of sp³-hybridized carbons (Fsp3) is 0.297. The van der Waals surface area contributed by atoms with Crippen LogP contribution in [0.15, 0.2) is 112 Å². The number of nitrogens with zero attached hydrogens (tertiary/aromatic N) is 4. The number of carbonyl (C=O) groups is 1. The van der Waals surface area contributed by atoms with Crippen LogP contribution in [-0.4, -0.2) is 70.6 Å². The molecule has 272 valence electrons.